The van der Waals surface area contributed by atoms with Crippen molar-refractivity contribution in [1.29, 1.82) is 0 Å². The van der Waals surface area contributed by atoms with Gasteiger partial charge in [-0.1, -0.05) is 39.0 Å². The number of sulfonamides is 1. The summed E-state index contributed by atoms with van der Waals surface area (Å²) < 4.78 is 34.7. The van der Waals surface area contributed by atoms with Crippen molar-refractivity contribution in [1.82, 2.24) is 4.72 Å². The minimum Gasteiger partial charge on any atom is -0.496 e. The van der Waals surface area contributed by atoms with E-state index in [0.29, 0.717) is 16.9 Å². The van der Waals surface area contributed by atoms with Crippen molar-refractivity contribution in [3.05, 3.63) is 58.1 Å². The van der Waals surface area contributed by atoms with Crippen LogP contribution in [0.5, 0.6) is 5.75 Å². The molecule has 2 rings (SSSR count). The predicted molar refractivity (Wildman–Crippen MR) is 111 cm³/mol. The zero-order valence-corrected chi connectivity index (χ0v) is 18.2. The molecular weight excluding hydrogens is 358 g/mol. The highest BCUT2D eigenvalue weighted by atomic mass is 32.2. The number of aryl methyl sites for hydroxylation is 3. The molecule has 0 aliphatic heterocycles. The standard InChI is InChI=1S/C22H31NO3S/c1-8-20(18-10-9-15(4)16(5)11-18)23-27(24,25)22-13-19(14(2)3)21(26-7)12-17(22)6/h9-14,20,23H,8H2,1-7H3/t20-/m0/s1. The third-order valence-corrected chi connectivity index (χ3v) is 6.69. The van der Waals surface area contributed by atoms with Gasteiger partial charge in [0.2, 0.25) is 10.0 Å². The third kappa shape index (κ3) is 4.71. The van der Waals surface area contributed by atoms with Crippen LogP contribution in [0.2, 0.25) is 0 Å². The van der Waals surface area contributed by atoms with E-state index >= 15 is 0 Å². The van der Waals surface area contributed by atoms with E-state index in [2.05, 4.69) is 17.7 Å². The second-order valence-corrected chi connectivity index (χ2v) is 9.12. The lowest BCUT2D eigenvalue weighted by atomic mass is 10.0. The van der Waals surface area contributed by atoms with Gasteiger partial charge >= 0.3 is 0 Å². The first-order chi connectivity index (χ1) is 12.6. The van der Waals surface area contributed by atoms with Crippen molar-refractivity contribution in [3.8, 4) is 5.75 Å². The Labute approximate surface area is 164 Å². The molecule has 148 valence electrons. The monoisotopic (exact) mass is 389 g/mol. The molecule has 0 aliphatic carbocycles. The fraction of sp³-hybridized carbons (Fsp3) is 0.455. The molecule has 0 heterocycles. The van der Waals surface area contributed by atoms with Crippen molar-refractivity contribution in [2.75, 3.05) is 7.11 Å². The van der Waals surface area contributed by atoms with Gasteiger partial charge in [-0.15, -0.1) is 0 Å². The van der Waals surface area contributed by atoms with Gasteiger partial charge in [0.15, 0.2) is 0 Å². The summed E-state index contributed by atoms with van der Waals surface area (Å²) in [5.74, 6) is 0.888. The average Bonchev–Trinajstić information content (AvgIpc) is 2.61. The Morgan fingerprint density at radius 2 is 1.67 bits per heavy atom. The lowest BCUT2D eigenvalue weighted by molar-refractivity contribution is 0.406. The van der Waals surface area contributed by atoms with Crippen LogP contribution in [0.15, 0.2) is 35.2 Å². The molecule has 0 saturated heterocycles. The lowest BCUT2D eigenvalue weighted by Crippen LogP contribution is -2.29. The predicted octanol–water partition coefficient (Wildman–Crippen LogP) is 5.17. The van der Waals surface area contributed by atoms with E-state index in [1.54, 1.807) is 26.2 Å². The van der Waals surface area contributed by atoms with Crippen LogP contribution in [0.25, 0.3) is 0 Å². The molecule has 2 aromatic rings. The van der Waals surface area contributed by atoms with Crippen LogP contribution in [0.4, 0.5) is 0 Å². The van der Waals surface area contributed by atoms with E-state index in [1.165, 1.54) is 5.56 Å². The summed E-state index contributed by atoms with van der Waals surface area (Å²) in [6, 6.07) is 9.39. The second kappa shape index (κ2) is 8.44. The van der Waals surface area contributed by atoms with Crippen LogP contribution in [0, 0.1) is 20.8 Å². The first-order valence-electron chi connectivity index (χ1n) is 9.38. The molecule has 1 atom stereocenters. The molecular formula is C22H31NO3S. The summed E-state index contributed by atoms with van der Waals surface area (Å²) in [6.45, 7) is 11.9. The molecule has 0 aliphatic rings. The molecule has 0 amide bonds. The van der Waals surface area contributed by atoms with Crippen molar-refractivity contribution >= 4 is 10.0 Å². The number of hydrogen-bond acceptors (Lipinski definition) is 3. The quantitative estimate of drug-likeness (QED) is 0.710. The second-order valence-electron chi connectivity index (χ2n) is 7.44. The highest BCUT2D eigenvalue weighted by Crippen LogP contribution is 2.32. The third-order valence-electron chi connectivity index (χ3n) is 5.08. The van der Waals surface area contributed by atoms with Crippen LogP contribution in [0.3, 0.4) is 0 Å². The summed E-state index contributed by atoms with van der Waals surface area (Å²) in [5.41, 5.74) is 4.91. The first kappa shape index (κ1) is 21.5. The van der Waals surface area contributed by atoms with Gasteiger partial charge in [-0.05, 0) is 73.1 Å². The normalized spacial score (nSPS) is 13.0. The van der Waals surface area contributed by atoms with Crippen LogP contribution >= 0.6 is 0 Å². The topological polar surface area (TPSA) is 55.4 Å². The number of methoxy groups -OCH3 is 1. The highest BCUT2D eigenvalue weighted by molar-refractivity contribution is 7.89. The lowest BCUT2D eigenvalue weighted by Gasteiger charge is -2.21. The molecule has 0 fully saturated rings. The van der Waals surface area contributed by atoms with Gasteiger partial charge in [0.1, 0.15) is 5.75 Å². The SMILES string of the molecule is CC[C@H](NS(=O)(=O)c1cc(C(C)C)c(OC)cc1C)c1ccc(C)c(C)c1. The molecule has 0 aromatic heterocycles. The summed E-state index contributed by atoms with van der Waals surface area (Å²) in [5, 5.41) is 0. The number of rotatable bonds is 7. The summed E-state index contributed by atoms with van der Waals surface area (Å²) in [6.07, 6.45) is 0.675. The van der Waals surface area contributed by atoms with Crippen molar-refractivity contribution < 1.29 is 13.2 Å². The van der Waals surface area contributed by atoms with Crippen LogP contribution in [-0.4, -0.2) is 15.5 Å². The van der Waals surface area contributed by atoms with E-state index in [0.717, 1.165) is 22.4 Å². The van der Waals surface area contributed by atoms with E-state index < -0.39 is 10.0 Å². The minimum absolute atomic E-state index is 0.163. The molecule has 0 radical (unpaired) electrons. The maximum absolute atomic E-state index is 13.2. The Morgan fingerprint density at radius 1 is 1.00 bits per heavy atom. The van der Waals surface area contributed by atoms with E-state index in [1.807, 2.05) is 39.8 Å². The van der Waals surface area contributed by atoms with Gasteiger partial charge in [-0.25, -0.2) is 13.1 Å². The summed E-state index contributed by atoms with van der Waals surface area (Å²) in [7, 11) is -2.05. The Balaban J connectivity index is 2.45. The maximum Gasteiger partial charge on any atom is 0.241 e. The Hall–Kier alpha value is -1.85. The molecule has 4 nitrogen and oxygen atoms in total. The molecule has 5 heteroatoms. The smallest absolute Gasteiger partial charge is 0.241 e. The Kier molecular flexibility index (Phi) is 6.71. The van der Waals surface area contributed by atoms with Crippen LogP contribution < -0.4 is 9.46 Å². The van der Waals surface area contributed by atoms with Gasteiger partial charge in [-0.3, -0.25) is 0 Å². The summed E-state index contributed by atoms with van der Waals surface area (Å²) >= 11 is 0. The first-order valence-corrected chi connectivity index (χ1v) is 10.9. The van der Waals surface area contributed by atoms with Gasteiger partial charge in [0.05, 0.1) is 12.0 Å². The zero-order chi connectivity index (χ0) is 20.4. The fourth-order valence-electron chi connectivity index (χ4n) is 3.21. The molecule has 0 saturated carbocycles. The molecule has 0 unspecified atom stereocenters. The minimum atomic E-state index is -3.66. The Bertz CT molecular complexity index is 917. The number of benzene rings is 2. The average molecular weight is 390 g/mol. The highest BCUT2D eigenvalue weighted by Gasteiger charge is 2.24. The van der Waals surface area contributed by atoms with Crippen molar-refractivity contribution in [3.63, 3.8) is 0 Å². The molecule has 1 N–H and O–H groups in total. The maximum atomic E-state index is 13.2. The van der Waals surface area contributed by atoms with Gasteiger partial charge < -0.3 is 4.74 Å². The van der Waals surface area contributed by atoms with Gasteiger partial charge in [0, 0.05) is 6.04 Å². The fourth-order valence-corrected chi connectivity index (χ4v) is 4.78. The van der Waals surface area contributed by atoms with Gasteiger partial charge in [0.25, 0.3) is 0 Å². The molecule has 0 bridgehead atoms. The Morgan fingerprint density at radius 3 is 2.19 bits per heavy atom. The van der Waals surface area contributed by atoms with Crippen LogP contribution in [-0.2, 0) is 10.0 Å². The molecule has 2 aromatic carbocycles. The molecule has 27 heavy (non-hydrogen) atoms. The number of hydrogen-bond donors (Lipinski definition) is 1. The van der Waals surface area contributed by atoms with E-state index in [4.69, 9.17) is 4.74 Å². The summed E-state index contributed by atoms with van der Waals surface area (Å²) in [4.78, 5) is 0.314. The van der Waals surface area contributed by atoms with E-state index in [9.17, 15) is 8.42 Å². The number of ether oxygens (including phenoxy) is 1. The van der Waals surface area contributed by atoms with Gasteiger partial charge in [-0.2, -0.15) is 0 Å². The van der Waals surface area contributed by atoms with Crippen LogP contribution in [0.1, 0.15) is 67.0 Å². The zero-order valence-electron chi connectivity index (χ0n) is 17.4. The van der Waals surface area contributed by atoms with Crippen molar-refractivity contribution in [2.24, 2.45) is 0 Å². The van der Waals surface area contributed by atoms with Crippen molar-refractivity contribution in [2.45, 2.75) is 64.8 Å². The number of nitrogens with one attached hydrogen (secondary N) is 1. The largest absolute Gasteiger partial charge is 0.496 e. The molecule has 0 spiro atoms. The van der Waals surface area contributed by atoms with E-state index in [-0.39, 0.29) is 12.0 Å².